The molecular weight excluding hydrogens is 274 g/mol. The number of rotatable bonds is 6. The number of benzene rings is 1. The van der Waals surface area contributed by atoms with Crippen molar-refractivity contribution in [2.45, 2.75) is 32.4 Å². The summed E-state index contributed by atoms with van der Waals surface area (Å²) in [4.78, 5) is 16.7. The highest BCUT2D eigenvalue weighted by molar-refractivity contribution is 5.75. The predicted molar refractivity (Wildman–Crippen MR) is 88.4 cm³/mol. The standard InChI is InChI=1S/C18H27N3O/c1-20-10-8-15(12-20)11-19-18(22)7-4-9-21-13-16-5-2-3-6-17(16)14-21/h2-3,5-6,15H,4,7-14H2,1H3,(H,19,22)/t15-/m0/s1. The molecule has 0 aromatic heterocycles. The fourth-order valence-electron chi connectivity index (χ4n) is 3.56. The molecule has 4 nitrogen and oxygen atoms in total. The Morgan fingerprint density at radius 3 is 2.64 bits per heavy atom. The Labute approximate surface area is 133 Å². The van der Waals surface area contributed by atoms with Crippen LogP contribution in [0.15, 0.2) is 24.3 Å². The second kappa shape index (κ2) is 7.25. The monoisotopic (exact) mass is 301 g/mol. The molecule has 22 heavy (non-hydrogen) atoms. The summed E-state index contributed by atoms with van der Waals surface area (Å²) in [6.07, 6.45) is 2.81. The number of nitrogens with zero attached hydrogens (tertiary/aromatic N) is 2. The fraction of sp³-hybridized carbons (Fsp3) is 0.611. The zero-order chi connectivity index (χ0) is 15.4. The lowest BCUT2D eigenvalue weighted by molar-refractivity contribution is -0.121. The van der Waals surface area contributed by atoms with Crippen LogP contribution in [0.5, 0.6) is 0 Å². The van der Waals surface area contributed by atoms with E-state index in [2.05, 4.69) is 46.4 Å². The third-order valence-corrected chi connectivity index (χ3v) is 4.86. The highest BCUT2D eigenvalue weighted by atomic mass is 16.1. The molecule has 120 valence electrons. The van der Waals surface area contributed by atoms with E-state index in [1.54, 1.807) is 0 Å². The molecule has 0 saturated carbocycles. The smallest absolute Gasteiger partial charge is 0.220 e. The van der Waals surface area contributed by atoms with E-state index in [0.29, 0.717) is 12.3 Å². The molecule has 0 unspecified atom stereocenters. The summed E-state index contributed by atoms with van der Waals surface area (Å²) < 4.78 is 0. The van der Waals surface area contributed by atoms with E-state index in [0.717, 1.165) is 45.7 Å². The number of carbonyl (C=O) groups is 1. The number of fused-ring (bicyclic) bond motifs is 1. The van der Waals surface area contributed by atoms with Gasteiger partial charge in [0.05, 0.1) is 0 Å². The van der Waals surface area contributed by atoms with Crippen molar-refractivity contribution in [3.05, 3.63) is 35.4 Å². The first-order valence-corrected chi connectivity index (χ1v) is 8.45. The predicted octanol–water partition coefficient (Wildman–Crippen LogP) is 1.85. The lowest BCUT2D eigenvalue weighted by Gasteiger charge is -2.15. The van der Waals surface area contributed by atoms with Crippen molar-refractivity contribution in [3.63, 3.8) is 0 Å². The average molecular weight is 301 g/mol. The van der Waals surface area contributed by atoms with Gasteiger partial charge in [-0.15, -0.1) is 0 Å². The SMILES string of the molecule is CN1CC[C@@H](CNC(=O)CCCN2Cc3ccccc3C2)C1. The molecule has 1 fully saturated rings. The van der Waals surface area contributed by atoms with E-state index in [1.807, 2.05) is 0 Å². The quantitative estimate of drug-likeness (QED) is 0.871. The van der Waals surface area contributed by atoms with Gasteiger partial charge in [0.1, 0.15) is 0 Å². The minimum atomic E-state index is 0.214. The molecule has 0 aliphatic carbocycles. The van der Waals surface area contributed by atoms with Gasteiger partial charge in [-0.25, -0.2) is 0 Å². The molecule has 1 atom stereocenters. The van der Waals surface area contributed by atoms with Gasteiger partial charge in [0, 0.05) is 32.6 Å². The van der Waals surface area contributed by atoms with Crippen molar-refractivity contribution in [2.75, 3.05) is 33.2 Å². The number of hydrogen-bond acceptors (Lipinski definition) is 3. The van der Waals surface area contributed by atoms with Gasteiger partial charge in [0.25, 0.3) is 0 Å². The van der Waals surface area contributed by atoms with E-state index >= 15 is 0 Å². The summed E-state index contributed by atoms with van der Waals surface area (Å²) in [6, 6.07) is 8.63. The van der Waals surface area contributed by atoms with Crippen LogP contribution in [-0.2, 0) is 17.9 Å². The Hall–Kier alpha value is -1.39. The number of nitrogens with one attached hydrogen (secondary N) is 1. The molecule has 1 amide bonds. The molecule has 1 aromatic rings. The maximum absolute atomic E-state index is 11.9. The lowest BCUT2D eigenvalue weighted by Crippen LogP contribution is -2.31. The van der Waals surface area contributed by atoms with Crippen LogP contribution >= 0.6 is 0 Å². The van der Waals surface area contributed by atoms with Crippen molar-refractivity contribution < 1.29 is 4.79 Å². The number of likely N-dealkylation sites (tertiary alicyclic amines) is 1. The van der Waals surface area contributed by atoms with Gasteiger partial charge < -0.3 is 10.2 Å². The van der Waals surface area contributed by atoms with Gasteiger partial charge in [-0.05, 0) is 50.0 Å². The Morgan fingerprint density at radius 1 is 1.27 bits per heavy atom. The maximum Gasteiger partial charge on any atom is 0.220 e. The molecule has 3 rings (SSSR count). The van der Waals surface area contributed by atoms with Crippen molar-refractivity contribution >= 4 is 5.91 Å². The highest BCUT2D eigenvalue weighted by Gasteiger charge is 2.20. The fourth-order valence-corrected chi connectivity index (χ4v) is 3.56. The zero-order valence-corrected chi connectivity index (χ0v) is 13.6. The second-order valence-corrected chi connectivity index (χ2v) is 6.80. The Morgan fingerprint density at radius 2 is 2.00 bits per heavy atom. The van der Waals surface area contributed by atoms with E-state index in [9.17, 15) is 4.79 Å². The molecule has 2 aliphatic rings. The van der Waals surface area contributed by atoms with E-state index < -0.39 is 0 Å². The van der Waals surface area contributed by atoms with Crippen molar-refractivity contribution in [3.8, 4) is 0 Å². The minimum absolute atomic E-state index is 0.214. The Kier molecular flexibility index (Phi) is 5.11. The summed E-state index contributed by atoms with van der Waals surface area (Å²) >= 11 is 0. The molecule has 2 heterocycles. The molecule has 4 heteroatoms. The number of amides is 1. The van der Waals surface area contributed by atoms with Crippen LogP contribution in [0, 0.1) is 5.92 Å². The second-order valence-electron chi connectivity index (χ2n) is 6.80. The summed E-state index contributed by atoms with van der Waals surface area (Å²) in [5.41, 5.74) is 2.88. The zero-order valence-electron chi connectivity index (χ0n) is 13.6. The normalized spacial score (nSPS) is 22.0. The third-order valence-electron chi connectivity index (χ3n) is 4.86. The summed E-state index contributed by atoms with van der Waals surface area (Å²) in [6.45, 7) is 6.20. The van der Waals surface area contributed by atoms with Crippen LogP contribution in [-0.4, -0.2) is 48.9 Å². The van der Waals surface area contributed by atoms with Gasteiger partial charge in [-0.3, -0.25) is 9.69 Å². The van der Waals surface area contributed by atoms with Crippen molar-refractivity contribution in [2.24, 2.45) is 5.92 Å². The van der Waals surface area contributed by atoms with E-state index in [1.165, 1.54) is 17.5 Å². The highest BCUT2D eigenvalue weighted by Crippen LogP contribution is 2.22. The van der Waals surface area contributed by atoms with Crippen molar-refractivity contribution in [1.82, 2.24) is 15.1 Å². The van der Waals surface area contributed by atoms with Crippen molar-refractivity contribution in [1.29, 1.82) is 0 Å². The summed E-state index contributed by atoms with van der Waals surface area (Å²) in [7, 11) is 2.15. The molecule has 2 aliphatic heterocycles. The molecule has 0 bridgehead atoms. The van der Waals surface area contributed by atoms with Gasteiger partial charge >= 0.3 is 0 Å². The molecule has 0 radical (unpaired) electrons. The van der Waals surface area contributed by atoms with Crippen LogP contribution in [0.25, 0.3) is 0 Å². The molecule has 1 saturated heterocycles. The lowest BCUT2D eigenvalue weighted by atomic mass is 10.1. The molecular formula is C18H27N3O. The summed E-state index contributed by atoms with van der Waals surface area (Å²) in [5, 5.41) is 3.10. The van der Waals surface area contributed by atoms with Crippen LogP contribution in [0.1, 0.15) is 30.4 Å². The largest absolute Gasteiger partial charge is 0.356 e. The average Bonchev–Trinajstić information content (AvgIpc) is 3.10. The maximum atomic E-state index is 11.9. The van der Waals surface area contributed by atoms with Gasteiger partial charge in [0.15, 0.2) is 0 Å². The number of hydrogen-bond donors (Lipinski definition) is 1. The van der Waals surface area contributed by atoms with Crippen LogP contribution < -0.4 is 5.32 Å². The number of carbonyl (C=O) groups excluding carboxylic acids is 1. The van der Waals surface area contributed by atoms with Crippen LogP contribution in [0.2, 0.25) is 0 Å². The van der Waals surface area contributed by atoms with E-state index in [-0.39, 0.29) is 5.91 Å². The minimum Gasteiger partial charge on any atom is -0.356 e. The first kappa shape index (κ1) is 15.5. The van der Waals surface area contributed by atoms with Gasteiger partial charge in [-0.2, -0.15) is 0 Å². The Bertz CT molecular complexity index is 492. The van der Waals surface area contributed by atoms with Gasteiger partial charge in [-0.1, -0.05) is 24.3 Å². The molecule has 0 spiro atoms. The molecule has 1 N–H and O–H groups in total. The van der Waals surface area contributed by atoms with Crippen LogP contribution in [0.3, 0.4) is 0 Å². The summed E-state index contributed by atoms with van der Waals surface area (Å²) in [5.74, 6) is 0.855. The van der Waals surface area contributed by atoms with Gasteiger partial charge in [0.2, 0.25) is 5.91 Å². The third kappa shape index (κ3) is 4.08. The van der Waals surface area contributed by atoms with Crippen LogP contribution in [0.4, 0.5) is 0 Å². The van der Waals surface area contributed by atoms with E-state index in [4.69, 9.17) is 0 Å². The molecule has 1 aromatic carbocycles. The first-order valence-electron chi connectivity index (χ1n) is 8.45. The topological polar surface area (TPSA) is 35.6 Å². The first-order chi connectivity index (χ1) is 10.7. The Balaban J connectivity index is 1.30.